The maximum atomic E-state index is 14.1. The monoisotopic (exact) mass is 536 g/mol. The second-order valence-corrected chi connectivity index (χ2v) is 8.24. The summed E-state index contributed by atoms with van der Waals surface area (Å²) in [6.45, 7) is 11.6. The largest absolute Gasteiger partial charge is 0.489 e. The normalized spacial score (nSPS) is 11.3. The van der Waals surface area contributed by atoms with Crippen LogP contribution in [0.25, 0.3) is 11.3 Å². The minimum Gasteiger partial charge on any atom is -0.489 e. The number of halogens is 2. The third kappa shape index (κ3) is 7.77. The quantitative estimate of drug-likeness (QED) is 0.181. The van der Waals surface area contributed by atoms with Crippen LogP contribution in [0.2, 0.25) is 0 Å². The molecule has 0 aliphatic carbocycles. The maximum absolute atomic E-state index is 14.1. The first-order valence-electron chi connectivity index (χ1n) is 12.4. The summed E-state index contributed by atoms with van der Waals surface area (Å²) in [7, 11) is 2.81. The van der Waals surface area contributed by atoms with Crippen LogP contribution in [0.15, 0.2) is 84.8 Å². The lowest BCUT2D eigenvalue weighted by Crippen LogP contribution is -2.21. The van der Waals surface area contributed by atoms with Gasteiger partial charge in [0.2, 0.25) is 0 Å². The molecule has 0 bridgehead atoms. The Morgan fingerprint density at radius 3 is 2.28 bits per heavy atom. The number of carbonyl (C=O) groups excluding carboxylic acids is 2. The SMILES string of the molecule is C=C/C(=C\C=C(/C)NC(=O)c1cc(-c2cc(F)c(F)cc2C(=O)OC)n(C)c1C)OCc1ccccc1.CC. The van der Waals surface area contributed by atoms with Crippen molar-refractivity contribution in [2.24, 2.45) is 7.05 Å². The lowest BCUT2D eigenvalue weighted by atomic mass is 10.0. The van der Waals surface area contributed by atoms with Gasteiger partial charge in [0.25, 0.3) is 5.91 Å². The Morgan fingerprint density at radius 2 is 1.67 bits per heavy atom. The van der Waals surface area contributed by atoms with Crippen LogP contribution in [-0.4, -0.2) is 23.6 Å². The van der Waals surface area contributed by atoms with E-state index in [0.717, 1.165) is 24.8 Å². The van der Waals surface area contributed by atoms with Gasteiger partial charge in [-0.3, -0.25) is 4.79 Å². The first-order valence-corrected chi connectivity index (χ1v) is 12.4. The molecule has 0 atom stereocenters. The van der Waals surface area contributed by atoms with E-state index >= 15 is 0 Å². The Kier molecular flexibility index (Phi) is 11.4. The van der Waals surface area contributed by atoms with E-state index in [2.05, 4.69) is 11.9 Å². The predicted molar refractivity (Wildman–Crippen MR) is 149 cm³/mol. The fourth-order valence-corrected chi connectivity index (χ4v) is 3.64. The number of amides is 1. The molecule has 1 N–H and O–H groups in total. The molecule has 6 nitrogen and oxygen atoms in total. The maximum Gasteiger partial charge on any atom is 0.338 e. The van der Waals surface area contributed by atoms with E-state index in [1.54, 1.807) is 43.7 Å². The van der Waals surface area contributed by atoms with E-state index in [-0.39, 0.29) is 11.1 Å². The Labute approximate surface area is 228 Å². The highest BCUT2D eigenvalue weighted by Crippen LogP contribution is 2.30. The molecule has 0 saturated carbocycles. The van der Waals surface area contributed by atoms with Crippen molar-refractivity contribution in [2.75, 3.05) is 7.11 Å². The van der Waals surface area contributed by atoms with Gasteiger partial charge in [-0.2, -0.15) is 0 Å². The standard InChI is InChI=1S/C29H28F2N2O4.C2H6/c1-6-21(37-17-20-10-8-7-9-11-20)13-12-18(2)32-28(34)22-16-27(33(4)19(22)3)23-14-25(30)26(31)15-24(23)29(35)36-5;1-2/h6-16H,1,17H2,2-5H3,(H,32,34);1-2H3/b18-12+,21-13+;. The zero-order valence-corrected chi connectivity index (χ0v) is 23.1. The van der Waals surface area contributed by atoms with Crippen LogP contribution in [0, 0.1) is 18.6 Å². The van der Waals surface area contributed by atoms with Gasteiger partial charge in [-0.25, -0.2) is 13.6 Å². The lowest BCUT2D eigenvalue weighted by Gasteiger charge is -2.11. The lowest BCUT2D eigenvalue weighted by molar-refractivity contribution is 0.0600. The summed E-state index contributed by atoms with van der Waals surface area (Å²) in [6, 6.07) is 12.9. The van der Waals surface area contributed by atoms with E-state index in [0.29, 0.717) is 35.0 Å². The Balaban J connectivity index is 0.00000260. The summed E-state index contributed by atoms with van der Waals surface area (Å²) >= 11 is 0. The first-order chi connectivity index (χ1) is 18.7. The molecule has 0 saturated heterocycles. The van der Waals surface area contributed by atoms with Crippen molar-refractivity contribution in [2.45, 2.75) is 34.3 Å². The van der Waals surface area contributed by atoms with Crippen molar-refractivity contribution in [1.29, 1.82) is 0 Å². The number of nitrogens with zero attached hydrogens (tertiary/aromatic N) is 1. The van der Waals surface area contributed by atoms with Crippen LogP contribution < -0.4 is 5.32 Å². The third-order valence-electron chi connectivity index (χ3n) is 5.78. The van der Waals surface area contributed by atoms with Crippen molar-refractivity contribution in [3.8, 4) is 11.3 Å². The molecule has 1 amide bonds. The van der Waals surface area contributed by atoms with Crippen molar-refractivity contribution in [3.63, 3.8) is 0 Å². The number of hydrogen-bond donors (Lipinski definition) is 1. The second kappa shape index (κ2) is 14.5. The molecule has 39 heavy (non-hydrogen) atoms. The van der Waals surface area contributed by atoms with Gasteiger partial charge in [-0.15, -0.1) is 0 Å². The molecule has 0 fully saturated rings. The van der Waals surface area contributed by atoms with Gasteiger partial charge in [0.1, 0.15) is 12.4 Å². The fraction of sp³-hybridized carbons (Fsp3) is 0.226. The summed E-state index contributed by atoms with van der Waals surface area (Å²) in [5, 5.41) is 2.80. The number of esters is 1. The van der Waals surface area contributed by atoms with E-state index in [1.165, 1.54) is 6.07 Å². The molecule has 8 heteroatoms. The zero-order chi connectivity index (χ0) is 29.1. The number of carbonyl (C=O) groups is 2. The fourth-order valence-electron chi connectivity index (χ4n) is 3.64. The molecule has 0 aliphatic rings. The van der Waals surface area contributed by atoms with Gasteiger partial charge < -0.3 is 19.4 Å². The predicted octanol–water partition coefficient (Wildman–Crippen LogP) is 7.01. The summed E-state index contributed by atoms with van der Waals surface area (Å²) in [5.41, 5.74) is 2.73. The topological polar surface area (TPSA) is 69.6 Å². The number of methoxy groups -OCH3 is 1. The van der Waals surface area contributed by atoms with Gasteiger partial charge in [0.15, 0.2) is 11.6 Å². The van der Waals surface area contributed by atoms with Crippen molar-refractivity contribution >= 4 is 11.9 Å². The van der Waals surface area contributed by atoms with E-state index in [9.17, 15) is 18.4 Å². The molecule has 0 radical (unpaired) electrons. The number of nitrogens with one attached hydrogen (secondary N) is 1. The van der Waals surface area contributed by atoms with Gasteiger partial charge in [-0.1, -0.05) is 50.8 Å². The van der Waals surface area contributed by atoms with E-state index in [1.807, 2.05) is 44.2 Å². The Bertz CT molecular complexity index is 1390. The molecule has 0 aliphatic heterocycles. The highest BCUT2D eigenvalue weighted by Gasteiger charge is 2.23. The molecular weight excluding hydrogens is 502 g/mol. The molecule has 1 aromatic heterocycles. The summed E-state index contributed by atoms with van der Waals surface area (Å²) in [4.78, 5) is 25.2. The Hall–Kier alpha value is -4.46. The number of aromatic nitrogens is 1. The van der Waals surface area contributed by atoms with Gasteiger partial charge in [-0.05, 0) is 55.8 Å². The smallest absolute Gasteiger partial charge is 0.338 e. The molecule has 0 unspecified atom stereocenters. The van der Waals surface area contributed by atoms with Crippen LogP contribution in [0.5, 0.6) is 0 Å². The molecule has 1 heterocycles. The summed E-state index contributed by atoms with van der Waals surface area (Å²) in [6.07, 6.45) is 4.95. The molecule has 2 aromatic carbocycles. The van der Waals surface area contributed by atoms with Crippen LogP contribution in [0.1, 0.15) is 52.7 Å². The highest BCUT2D eigenvalue weighted by atomic mass is 19.2. The van der Waals surface area contributed by atoms with Crippen LogP contribution in [0.4, 0.5) is 8.78 Å². The van der Waals surface area contributed by atoms with Crippen molar-refractivity contribution in [3.05, 3.63) is 119 Å². The van der Waals surface area contributed by atoms with Gasteiger partial charge >= 0.3 is 5.97 Å². The number of ether oxygens (including phenoxy) is 2. The molecule has 0 spiro atoms. The average molecular weight is 537 g/mol. The minimum absolute atomic E-state index is 0.108. The zero-order valence-electron chi connectivity index (χ0n) is 23.1. The number of benzene rings is 2. The highest BCUT2D eigenvalue weighted by molar-refractivity contribution is 6.00. The first kappa shape index (κ1) is 30.8. The van der Waals surface area contributed by atoms with Crippen LogP contribution in [-0.2, 0) is 23.1 Å². The Morgan fingerprint density at radius 1 is 1.03 bits per heavy atom. The molecule has 3 aromatic rings. The van der Waals surface area contributed by atoms with E-state index in [4.69, 9.17) is 9.47 Å². The van der Waals surface area contributed by atoms with Crippen molar-refractivity contribution in [1.82, 2.24) is 9.88 Å². The molecular formula is C31H34F2N2O4. The second-order valence-electron chi connectivity index (χ2n) is 8.24. The molecule has 3 rings (SSSR count). The molecule has 206 valence electrons. The number of rotatable bonds is 9. The van der Waals surface area contributed by atoms with Crippen molar-refractivity contribution < 1.29 is 27.8 Å². The van der Waals surface area contributed by atoms with Gasteiger partial charge in [0, 0.05) is 29.7 Å². The summed E-state index contributed by atoms with van der Waals surface area (Å²) in [5.74, 6) is -2.99. The van der Waals surface area contributed by atoms with E-state index < -0.39 is 23.5 Å². The number of allylic oxidation sites excluding steroid dienone is 4. The third-order valence-corrected chi connectivity index (χ3v) is 5.78. The van der Waals surface area contributed by atoms with Crippen LogP contribution >= 0.6 is 0 Å². The van der Waals surface area contributed by atoms with Gasteiger partial charge in [0.05, 0.1) is 18.2 Å². The van der Waals surface area contributed by atoms with Crippen LogP contribution in [0.3, 0.4) is 0 Å². The number of hydrogen-bond acceptors (Lipinski definition) is 4. The average Bonchev–Trinajstić information content (AvgIpc) is 3.25. The minimum atomic E-state index is -1.17. The summed E-state index contributed by atoms with van der Waals surface area (Å²) < 4.78 is 40.0.